The molecule has 1 aromatic carbocycles. The second kappa shape index (κ2) is 6.55. The summed E-state index contributed by atoms with van der Waals surface area (Å²) in [7, 11) is 0. The van der Waals surface area contributed by atoms with Crippen molar-refractivity contribution in [3.05, 3.63) is 33.9 Å². The Hall–Kier alpha value is -2.15. The highest BCUT2D eigenvalue weighted by molar-refractivity contribution is 5.68. The molecule has 18 heavy (non-hydrogen) atoms. The van der Waals surface area contributed by atoms with Crippen molar-refractivity contribution in [2.75, 3.05) is 25.1 Å². The molecular weight excluding hydrogens is 240 g/mol. The minimum Gasteiger partial charge on any atom is -0.480 e. The van der Waals surface area contributed by atoms with E-state index >= 15 is 0 Å². The third-order valence-corrected chi connectivity index (χ3v) is 2.29. The normalized spacial score (nSPS) is 10.1. The van der Waals surface area contributed by atoms with E-state index in [2.05, 4.69) is 5.32 Å². The number of hydrogen-bond acceptors (Lipinski definition) is 5. The van der Waals surface area contributed by atoms with Gasteiger partial charge in [-0.3, -0.25) is 10.1 Å². The number of anilines is 1. The first-order chi connectivity index (χ1) is 8.52. The van der Waals surface area contributed by atoms with Gasteiger partial charge in [0.15, 0.2) is 0 Å². The molecule has 0 aliphatic rings. The predicted molar refractivity (Wildman–Crippen MR) is 64.8 cm³/mol. The molecule has 1 rings (SSSR count). The molecule has 0 bridgehead atoms. The Kier molecular flexibility index (Phi) is 5.06. The van der Waals surface area contributed by atoms with E-state index in [-0.39, 0.29) is 18.9 Å². The quantitative estimate of drug-likeness (QED) is 0.433. The van der Waals surface area contributed by atoms with Crippen molar-refractivity contribution in [1.82, 2.24) is 0 Å². The lowest BCUT2D eigenvalue weighted by Crippen LogP contribution is -2.14. The van der Waals surface area contributed by atoms with Gasteiger partial charge < -0.3 is 15.2 Å². The van der Waals surface area contributed by atoms with Crippen LogP contribution < -0.4 is 5.32 Å². The minimum absolute atomic E-state index is 0.0476. The first-order valence-corrected chi connectivity index (χ1v) is 5.29. The first kappa shape index (κ1) is 13.9. The van der Waals surface area contributed by atoms with Crippen LogP contribution in [-0.2, 0) is 9.53 Å². The van der Waals surface area contributed by atoms with E-state index in [0.717, 1.165) is 0 Å². The maximum absolute atomic E-state index is 10.7. The van der Waals surface area contributed by atoms with Crippen molar-refractivity contribution in [3.63, 3.8) is 0 Å². The molecule has 98 valence electrons. The van der Waals surface area contributed by atoms with Crippen LogP contribution in [0, 0.1) is 17.0 Å². The number of hydrogen-bond donors (Lipinski definition) is 2. The lowest BCUT2D eigenvalue weighted by Gasteiger charge is -2.09. The molecule has 0 spiro atoms. The van der Waals surface area contributed by atoms with E-state index in [1.165, 1.54) is 6.07 Å². The lowest BCUT2D eigenvalue weighted by atomic mass is 10.1. The van der Waals surface area contributed by atoms with Gasteiger partial charge in [0, 0.05) is 23.9 Å². The van der Waals surface area contributed by atoms with Crippen molar-refractivity contribution in [2.45, 2.75) is 6.92 Å². The van der Waals surface area contributed by atoms with Gasteiger partial charge in [0.2, 0.25) is 0 Å². The van der Waals surface area contributed by atoms with Gasteiger partial charge in [-0.25, -0.2) is 4.79 Å². The fraction of sp³-hybridized carbons (Fsp3) is 0.364. The number of carboxylic acids is 1. The molecule has 0 aliphatic heterocycles. The Bertz CT molecular complexity index is 447. The predicted octanol–water partition coefficient (Wildman–Crippen LogP) is 1.42. The van der Waals surface area contributed by atoms with Gasteiger partial charge in [-0.05, 0) is 13.0 Å². The molecule has 2 N–H and O–H groups in total. The average molecular weight is 254 g/mol. The lowest BCUT2D eigenvalue weighted by molar-refractivity contribution is -0.385. The maximum atomic E-state index is 10.7. The smallest absolute Gasteiger partial charge is 0.329 e. The second-order valence-corrected chi connectivity index (χ2v) is 3.58. The third-order valence-electron chi connectivity index (χ3n) is 2.29. The maximum Gasteiger partial charge on any atom is 0.329 e. The van der Waals surface area contributed by atoms with Gasteiger partial charge in [-0.15, -0.1) is 0 Å². The number of nitrogens with one attached hydrogen (secondary N) is 1. The van der Waals surface area contributed by atoms with Gasteiger partial charge in [0.25, 0.3) is 5.69 Å². The summed E-state index contributed by atoms with van der Waals surface area (Å²) in [5, 5.41) is 22.0. The molecule has 0 heterocycles. The number of aliphatic carboxylic acids is 1. The molecule has 0 aliphatic carbocycles. The van der Waals surface area contributed by atoms with Gasteiger partial charge >= 0.3 is 5.97 Å². The summed E-state index contributed by atoms with van der Waals surface area (Å²) in [4.78, 5) is 20.5. The summed E-state index contributed by atoms with van der Waals surface area (Å²) >= 11 is 0. The molecule has 7 heteroatoms. The van der Waals surface area contributed by atoms with Crippen LogP contribution in [0.15, 0.2) is 18.2 Å². The topological polar surface area (TPSA) is 102 Å². The molecule has 0 saturated carbocycles. The number of carbonyl (C=O) groups is 1. The minimum atomic E-state index is -1.03. The summed E-state index contributed by atoms with van der Waals surface area (Å²) < 4.78 is 4.84. The SMILES string of the molecule is Cc1c(NCCOCC(=O)O)cccc1[N+](=O)[O-]. The van der Waals surface area contributed by atoms with Crippen LogP contribution in [0.5, 0.6) is 0 Å². The van der Waals surface area contributed by atoms with Crippen molar-refractivity contribution < 1.29 is 19.6 Å². The van der Waals surface area contributed by atoms with Crippen LogP contribution >= 0.6 is 0 Å². The van der Waals surface area contributed by atoms with Crippen molar-refractivity contribution in [2.24, 2.45) is 0 Å². The number of benzene rings is 1. The zero-order valence-corrected chi connectivity index (χ0v) is 9.88. The number of ether oxygens (including phenoxy) is 1. The standard InChI is InChI=1S/C11H14N2O5/c1-8-9(3-2-4-10(8)13(16)17)12-5-6-18-7-11(14)15/h2-4,12H,5-7H2,1H3,(H,14,15). The van der Waals surface area contributed by atoms with Crippen LogP contribution in [0.1, 0.15) is 5.56 Å². The average Bonchev–Trinajstić information content (AvgIpc) is 2.30. The second-order valence-electron chi connectivity index (χ2n) is 3.58. The van der Waals surface area contributed by atoms with Crippen LogP contribution in [-0.4, -0.2) is 35.8 Å². The van der Waals surface area contributed by atoms with Crippen LogP contribution in [0.25, 0.3) is 0 Å². The molecule has 1 aromatic rings. The molecule has 0 amide bonds. The summed E-state index contributed by atoms with van der Waals surface area (Å²) in [6.45, 7) is 1.90. The van der Waals surface area contributed by atoms with Crippen molar-refractivity contribution >= 4 is 17.3 Å². The van der Waals surface area contributed by atoms with Crippen LogP contribution in [0.4, 0.5) is 11.4 Å². The highest BCUT2D eigenvalue weighted by atomic mass is 16.6. The molecule has 0 aromatic heterocycles. The van der Waals surface area contributed by atoms with Crippen LogP contribution in [0.3, 0.4) is 0 Å². The Morgan fingerprint density at radius 3 is 2.89 bits per heavy atom. The zero-order chi connectivity index (χ0) is 13.5. The molecule has 0 radical (unpaired) electrons. The fourth-order valence-electron chi connectivity index (χ4n) is 1.43. The fourth-order valence-corrected chi connectivity index (χ4v) is 1.43. The largest absolute Gasteiger partial charge is 0.480 e. The summed E-state index contributed by atoms with van der Waals surface area (Å²) in [6, 6.07) is 4.74. The molecule has 7 nitrogen and oxygen atoms in total. The van der Waals surface area contributed by atoms with Crippen LogP contribution in [0.2, 0.25) is 0 Å². The Labute approximate surface area is 104 Å². The summed E-state index contributed by atoms with van der Waals surface area (Å²) in [5.74, 6) is -1.03. The van der Waals surface area contributed by atoms with Gasteiger partial charge in [-0.2, -0.15) is 0 Å². The Morgan fingerprint density at radius 2 is 2.28 bits per heavy atom. The first-order valence-electron chi connectivity index (χ1n) is 5.29. The van der Waals surface area contributed by atoms with Gasteiger partial charge in [-0.1, -0.05) is 6.07 Å². The van der Waals surface area contributed by atoms with E-state index in [1.54, 1.807) is 19.1 Å². The number of nitro groups is 1. The van der Waals surface area contributed by atoms with Crippen molar-refractivity contribution in [3.8, 4) is 0 Å². The van der Waals surface area contributed by atoms with Gasteiger partial charge in [0.1, 0.15) is 6.61 Å². The molecule has 0 atom stereocenters. The summed E-state index contributed by atoms with van der Waals surface area (Å²) in [5.41, 5.74) is 1.23. The number of carboxylic acid groups (broad SMARTS) is 1. The van der Waals surface area contributed by atoms with Gasteiger partial charge in [0.05, 0.1) is 11.5 Å². The number of nitrogens with zero attached hydrogens (tertiary/aromatic N) is 1. The number of rotatable bonds is 7. The monoisotopic (exact) mass is 254 g/mol. The zero-order valence-electron chi connectivity index (χ0n) is 9.88. The molecule has 0 saturated heterocycles. The molecule has 0 fully saturated rings. The van der Waals surface area contributed by atoms with E-state index < -0.39 is 10.9 Å². The summed E-state index contributed by atoms with van der Waals surface area (Å²) in [6.07, 6.45) is 0. The van der Waals surface area contributed by atoms with E-state index in [0.29, 0.717) is 17.8 Å². The van der Waals surface area contributed by atoms with E-state index in [9.17, 15) is 14.9 Å². The Balaban J connectivity index is 2.50. The van der Waals surface area contributed by atoms with E-state index in [1.807, 2.05) is 0 Å². The van der Waals surface area contributed by atoms with E-state index in [4.69, 9.17) is 9.84 Å². The highest BCUT2D eigenvalue weighted by Gasteiger charge is 2.12. The highest BCUT2D eigenvalue weighted by Crippen LogP contribution is 2.24. The molecule has 0 unspecified atom stereocenters. The molecular formula is C11H14N2O5. The van der Waals surface area contributed by atoms with Crippen molar-refractivity contribution in [1.29, 1.82) is 0 Å². The number of nitro benzene ring substituents is 1. The Morgan fingerprint density at radius 1 is 1.56 bits per heavy atom. The third kappa shape index (κ3) is 4.02.